The lowest BCUT2D eigenvalue weighted by atomic mass is 10.1. The van der Waals surface area contributed by atoms with E-state index in [-0.39, 0.29) is 12.5 Å². The maximum Gasteiger partial charge on any atom is 0.253 e. The van der Waals surface area contributed by atoms with Crippen molar-refractivity contribution in [1.82, 2.24) is 20.0 Å². The number of benzene rings is 1. The number of aromatic nitrogens is 3. The quantitative estimate of drug-likeness (QED) is 0.637. The Morgan fingerprint density at radius 2 is 1.97 bits per heavy atom. The third kappa shape index (κ3) is 4.22. The zero-order valence-electron chi connectivity index (χ0n) is 16.5. The molecule has 30 heavy (non-hydrogen) atoms. The van der Waals surface area contributed by atoms with E-state index in [0.29, 0.717) is 60.6 Å². The third-order valence-electron chi connectivity index (χ3n) is 4.81. The first-order valence-corrected chi connectivity index (χ1v) is 9.55. The molecule has 152 valence electrons. The topological polar surface area (TPSA) is 108 Å². The standard InChI is InChI=1S/C21H20N6O3/c1-15-24-19(25-30-15)14-29-18-6-4-16(5-7-18)21(28)27-11-9-26(10-12-27)20-17(13-22)3-2-8-23-20/h2-8H,9-12,14H2,1H3. The van der Waals surface area contributed by atoms with Gasteiger partial charge in [0, 0.05) is 44.9 Å². The third-order valence-corrected chi connectivity index (χ3v) is 4.81. The van der Waals surface area contributed by atoms with Crippen LogP contribution in [-0.2, 0) is 6.61 Å². The molecule has 1 saturated heterocycles. The number of amides is 1. The van der Waals surface area contributed by atoms with Gasteiger partial charge in [0.05, 0.1) is 5.56 Å². The summed E-state index contributed by atoms with van der Waals surface area (Å²) in [6, 6.07) is 12.7. The largest absolute Gasteiger partial charge is 0.485 e. The molecule has 0 radical (unpaired) electrons. The Hall–Kier alpha value is -3.93. The number of anilines is 1. The molecular formula is C21H20N6O3. The van der Waals surface area contributed by atoms with Gasteiger partial charge in [-0.25, -0.2) is 4.98 Å². The van der Waals surface area contributed by atoms with Gasteiger partial charge in [-0.2, -0.15) is 10.2 Å². The van der Waals surface area contributed by atoms with E-state index in [1.807, 2.05) is 9.80 Å². The first-order chi connectivity index (χ1) is 14.6. The average Bonchev–Trinajstić information content (AvgIpc) is 3.22. The van der Waals surface area contributed by atoms with Crippen LogP contribution in [0, 0.1) is 18.3 Å². The van der Waals surface area contributed by atoms with E-state index in [2.05, 4.69) is 21.2 Å². The van der Waals surface area contributed by atoms with Crippen molar-refractivity contribution in [2.75, 3.05) is 31.1 Å². The Labute approximate surface area is 173 Å². The van der Waals surface area contributed by atoms with Crippen LogP contribution in [0.2, 0.25) is 0 Å². The van der Waals surface area contributed by atoms with Gasteiger partial charge >= 0.3 is 0 Å². The van der Waals surface area contributed by atoms with E-state index in [1.165, 1.54) is 0 Å². The summed E-state index contributed by atoms with van der Waals surface area (Å²) in [6.45, 7) is 4.30. The van der Waals surface area contributed by atoms with Gasteiger partial charge < -0.3 is 19.1 Å². The number of piperazine rings is 1. The fourth-order valence-corrected chi connectivity index (χ4v) is 3.28. The van der Waals surface area contributed by atoms with Crippen LogP contribution < -0.4 is 9.64 Å². The van der Waals surface area contributed by atoms with Crippen LogP contribution in [0.5, 0.6) is 5.75 Å². The van der Waals surface area contributed by atoms with Crippen molar-refractivity contribution in [3.05, 3.63) is 65.4 Å². The van der Waals surface area contributed by atoms with E-state index in [9.17, 15) is 10.1 Å². The predicted octanol–water partition coefficient (Wildman–Crippen LogP) is 2.19. The van der Waals surface area contributed by atoms with E-state index < -0.39 is 0 Å². The van der Waals surface area contributed by atoms with Crippen molar-refractivity contribution in [2.45, 2.75) is 13.5 Å². The van der Waals surface area contributed by atoms with Crippen molar-refractivity contribution in [2.24, 2.45) is 0 Å². The highest BCUT2D eigenvalue weighted by atomic mass is 16.5. The van der Waals surface area contributed by atoms with Crippen LogP contribution in [0.3, 0.4) is 0 Å². The average molecular weight is 404 g/mol. The maximum atomic E-state index is 12.8. The van der Waals surface area contributed by atoms with Crippen molar-refractivity contribution >= 4 is 11.7 Å². The number of pyridine rings is 1. The maximum absolute atomic E-state index is 12.8. The molecule has 1 aromatic carbocycles. The van der Waals surface area contributed by atoms with E-state index in [1.54, 1.807) is 49.5 Å². The summed E-state index contributed by atoms with van der Waals surface area (Å²) in [5.74, 6) is 2.22. The smallest absolute Gasteiger partial charge is 0.253 e. The molecule has 0 aliphatic carbocycles. The van der Waals surface area contributed by atoms with Crippen molar-refractivity contribution in [1.29, 1.82) is 5.26 Å². The fraction of sp³-hybridized carbons (Fsp3) is 0.286. The molecule has 9 heteroatoms. The molecule has 1 amide bonds. The van der Waals surface area contributed by atoms with Crippen LogP contribution in [0.15, 0.2) is 47.1 Å². The molecule has 0 atom stereocenters. The number of nitriles is 1. The van der Waals surface area contributed by atoms with Gasteiger partial charge in [0.1, 0.15) is 17.6 Å². The molecule has 1 aliphatic rings. The van der Waals surface area contributed by atoms with Gasteiger partial charge in [0.15, 0.2) is 6.61 Å². The van der Waals surface area contributed by atoms with Gasteiger partial charge in [-0.1, -0.05) is 5.16 Å². The normalized spacial score (nSPS) is 13.7. The Kier molecular flexibility index (Phi) is 5.57. The summed E-state index contributed by atoms with van der Waals surface area (Å²) < 4.78 is 10.5. The highest BCUT2D eigenvalue weighted by Gasteiger charge is 2.24. The highest BCUT2D eigenvalue weighted by molar-refractivity contribution is 5.94. The molecule has 0 N–H and O–H groups in total. The second-order valence-electron chi connectivity index (χ2n) is 6.81. The highest BCUT2D eigenvalue weighted by Crippen LogP contribution is 2.20. The lowest BCUT2D eigenvalue weighted by molar-refractivity contribution is 0.0746. The number of carbonyl (C=O) groups excluding carboxylic acids is 1. The van der Waals surface area contributed by atoms with Crippen molar-refractivity contribution in [3.8, 4) is 11.8 Å². The van der Waals surface area contributed by atoms with E-state index in [4.69, 9.17) is 9.26 Å². The Bertz CT molecular complexity index is 1060. The zero-order chi connectivity index (χ0) is 20.9. The lowest BCUT2D eigenvalue weighted by Gasteiger charge is -2.35. The molecule has 1 fully saturated rings. The fourth-order valence-electron chi connectivity index (χ4n) is 3.28. The number of hydrogen-bond acceptors (Lipinski definition) is 8. The number of nitrogens with zero attached hydrogens (tertiary/aromatic N) is 6. The van der Waals surface area contributed by atoms with E-state index in [0.717, 1.165) is 0 Å². The molecule has 9 nitrogen and oxygen atoms in total. The molecule has 3 heterocycles. The molecule has 4 rings (SSSR count). The summed E-state index contributed by atoms with van der Waals surface area (Å²) in [7, 11) is 0. The second-order valence-corrected chi connectivity index (χ2v) is 6.81. The lowest BCUT2D eigenvalue weighted by Crippen LogP contribution is -2.49. The summed E-state index contributed by atoms with van der Waals surface area (Å²) in [5, 5.41) is 13.0. The van der Waals surface area contributed by atoms with Crippen molar-refractivity contribution in [3.63, 3.8) is 0 Å². The number of rotatable bonds is 5. The van der Waals surface area contributed by atoms with Gasteiger partial charge in [-0.3, -0.25) is 4.79 Å². The molecule has 2 aromatic heterocycles. The predicted molar refractivity (Wildman–Crippen MR) is 107 cm³/mol. The molecule has 0 unspecified atom stereocenters. The number of hydrogen-bond donors (Lipinski definition) is 0. The summed E-state index contributed by atoms with van der Waals surface area (Å²) in [5.41, 5.74) is 1.14. The molecule has 0 saturated carbocycles. The minimum absolute atomic E-state index is 0.0310. The minimum Gasteiger partial charge on any atom is -0.485 e. The Morgan fingerprint density at radius 3 is 2.63 bits per heavy atom. The monoisotopic (exact) mass is 404 g/mol. The first-order valence-electron chi connectivity index (χ1n) is 9.55. The Balaban J connectivity index is 1.33. The van der Waals surface area contributed by atoms with Gasteiger partial charge in [0.25, 0.3) is 5.91 Å². The van der Waals surface area contributed by atoms with Gasteiger partial charge in [0.2, 0.25) is 11.7 Å². The molecule has 0 bridgehead atoms. The Morgan fingerprint density at radius 1 is 1.20 bits per heavy atom. The van der Waals surface area contributed by atoms with Gasteiger partial charge in [-0.05, 0) is 36.4 Å². The van der Waals surface area contributed by atoms with Crippen LogP contribution >= 0.6 is 0 Å². The number of ether oxygens (including phenoxy) is 1. The van der Waals surface area contributed by atoms with Crippen molar-refractivity contribution < 1.29 is 14.1 Å². The van der Waals surface area contributed by atoms with Crippen LogP contribution in [0.25, 0.3) is 0 Å². The molecule has 1 aliphatic heterocycles. The zero-order valence-corrected chi connectivity index (χ0v) is 16.5. The summed E-state index contributed by atoms with van der Waals surface area (Å²) in [4.78, 5) is 25.1. The number of carbonyl (C=O) groups is 1. The molecular weight excluding hydrogens is 384 g/mol. The molecule has 3 aromatic rings. The summed E-state index contributed by atoms with van der Waals surface area (Å²) >= 11 is 0. The SMILES string of the molecule is Cc1nc(COc2ccc(C(=O)N3CCN(c4ncccc4C#N)CC3)cc2)no1. The molecule has 0 spiro atoms. The number of aryl methyl sites for hydroxylation is 1. The van der Waals surface area contributed by atoms with E-state index >= 15 is 0 Å². The minimum atomic E-state index is -0.0310. The van der Waals surface area contributed by atoms with Crippen LogP contribution in [0.1, 0.15) is 27.6 Å². The van der Waals surface area contributed by atoms with Gasteiger partial charge in [-0.15, -0.1) is 0 Å². The van der Waals surface area contributed by atoms with Crippen LogP contribution in [-0.4, -0.2) is 52.1 Å². The van der Waals surface area contributed by atoms with Crippen LogP contribution in [0.4, 0.5) is 5.82 Å². The first kappa shape index (κ1) is 19.4. The summed E-state index contributed by atoms with van der Waals surface area (Å²) in [6.07, 6.45) is 1.68. The second kappa shape index (κ2) is 8.61.